The molecule has 2 aromatic rings. The van der Waals surface area contributed by atoms with Crippen molar-refractivity contribution >= 4 is 35.6 Å². The van der Waals surface area contributed by atoms with Gasteiger partial charge in [-0.15, -0.1) is 24.0 Å². The lowest BCUT2D eigenvalue weighted by molar-refractivity contribution is 0.355. The molecule has 0 amide bonds. The van der Waals surface area contributed by atoms with E-state index >= 15 is 0 Å². The summed E-state index contributed by atoms with van der Waals surface area (Å²) >= 11 is 0. The van der Waals surface area contributed by atoms with E-state index in [0.717, 1.165) is 16.9 Å². The number of hydrogen-bond acceptors (Lipinski definition) is 4. The Morgan fingerprint density at radius 2 is 1.91 bits per heavy atom. The van der Waals surface area contributed by atoms with E-state index in [-0.39, 0.29) is 24.0 Å². The van der Waals surface area contributed by atoms with Crippen LogP contribution in [-0.4, -0.2) is 25.2 Å². The van der Waals surface area contributed by atoms with Crippen LogP contribution in [0.3, 0.4) is 0 Å². The number of guanidine groups is 1. The monoisotopic (exact) mass is 428 g/mol. The highest BCUT2D eigenvalue weighted by atomic mass is 127. The van der Waals surface area contributed by atoms with E-state index in [1.54, 1.807) is 32.5 Å². The number of pyridine rings is 1. The van der Waals surface area contributed by atoms with Gasteiger partial charge in [0.2, 0.25) is 0 Å². The molecule has 0 saturated carbocycles. The molecule has 0 aliphatic heterocycles. The second-order valence-electron chi connectivity index (χ2n) is 4.70. The van der Waals surface area contributed by atoms with E-state index in [1.807, 2.05) is 25.1 Å². The van der Waals surface area contributed by atoms with Crippen LogP contribution < -0.4 is 20.5 Å². The normalized spacial score (nSPS) is 10.7. The van der Waals surface area contributed by atoms with Crippen molar-refractivity contribution in [1.82, 2.24) is 4.98 Å². The first kappa shape index (κ1) is 19.0. The fourth-order valence-corrected chi connectivity index (χ4v) is 1.87. The Morgan fingerprint density at radius 3 is 2.52 bits per heavy atom. The predicted octanol–water partition coefficient (Wildman–Crippen LogP) is 2.95. The van der Waals surface area contributed by atoms with E-state index in [0.29, 0.717) is 24.0 Å². The summed E-state index contributed by atoms with van der Waals surface area (Å²) in [6, 6.07) is 9.38. The fraction of sp³-hybridized carbons (Fsp3) is 0.250. The van der Waals surface area contributed by atoms with Gasteiger partial charge in [0.05, 0.1) is 20.8 Å². The van der Waals surface area contributed by atoms with Crippen LogP contribution in [0.25, 0.3) is 0 Å². The van der Waals surface area contributed by atoms with E-state index in [9.17, 15) is 0 Å². The number of nitrogens with two attached hydrogens (primary N) is 1. The average Bonchev–Trinajstić information content (AvgIpc) is 2.54. The molecule has 7 heteroatoms. The Hall–Kier alpha value is -2.03. The summed E-state index contributed by atoms with van der Waals surface area (Å²) in [4.78, 5) is 8.51. The van der Waals surface area contributed by atoms with Crippen LogP contribution in [0, 0.1) is 6.92 Å². The largest absolute Gasteiger partial charge is 0.493 e. The highest BCUT2D eigenvalue weighted by molar-refractivity contribution is 14.0. The Balaban J connectivity index is 0.00000264. The van der Waals surface area contributed by atoms with Crippen LogP contribution in [0.2, 0.25) is 0 Å². The van der Waals surface area contributed by atoms with Crippen LogP contribution in [0.5, 0.6) is 11.5 Å². The molecule has 0 atom stereocenters. The molecule has 0 bridgehead atoms. The zero-order chi connectivity index (χ0) is 15.9. The molecule has 1 heterocycles. The van der Waals surface area contributed by atoms with E-state index in [4.69, 9.17) is 15.2 Å². The quantitative estimate of drug-likeness (QED) is 0.435. The number of anilines is 1. The summed E-state index contributed by atoms with van der Waals surface area (Å²) in [7, 11) is 3.18. The molecule has 0 aliphatic carbocycles. The predicted molar refractivity (Wildman–Crippen MR) is 103 cm³/mol. The molecule has 124 valence electrons. The zero-order valence-corrected chi connectivity index (χ0v) is 15.7. The number of hydrogen-bond donors (Lipinski definition) is 2. The molecule has 0 spiro atoms. The van der Waals surface area contributed by atoms with Gasteiger partial charge >= 0.3 is 0 Å². The number of nitrogens with one attached hydrogen (secondary N) is 1. The molecule has 6 nitrogen and oxygen atoms in total. The minimum Gasteiger partial charge on any atom is -0.493 e. The number of aliphatic imine (C=N–C) groups is 1. The van der Waals surface area contributed by atoms with Crippen LogP contribution in [0.15, 0.2) is 41.5 Å². The van der Waals surface area contributed by atoms with Crippen molar-refractivity contribution < 1.29 is 9.47 Å². The summed E-state index contributed by atoms with van der Waals surface area (Å²) in [5.74, 6) is 1.62. The van der Waals surface area contributed by atoms with Crippen LogP contribution in [0.4, 0.5) is 5.69 Å². The van der Waals surface area contributed by atoms with Crippen LogP contribution in [0.1, 0.15) is 11.3 Å². The third-order valence-corrected chi connectivity index (χ3v) is 3.06. The average molecular weight is 428 g/mol. The summed E-state index contributed by atoms with van der Waals surface area (Å²) in [6.07, 6.45) is 1.79. The van der Waals surface area contributed by atoms with Gasteiger partial charge < -0.3 is 20.5 Å². The molecule has 0 aliphatic rings. The maximum Gasteiger partial charge on any atom is 0.193 e. The number of nitrogens with zero attached hydrogens (tertiary/aromatic N) is 2. The van der Waals surface area contributed by atoms with Gasteiger partial charge in [-0.05, 0) is 30.7 Å². The van der Waals surface area contributed by atoms with Crippen molar-refractivity contribution in [2.75, 3.05) is 19.5 Å². The van der Waals surface area contributed by atoms with E-state index in [1.165, 1.54) is 0 Å². The Morgan fingerprint density at radius 1 is 1.17 bits per heavy atom. The first-order chi connectivity index (χ1) is 10.6. The first-order valence-electron chi connectivity index (χ1n) is 6.83. The molecule has 0 fully saturated rings. The second kappa shape index (κ2) is 9.19. The highest BCUT2D eigenvalue weighted by Crippen LogP contribution is 2.29. The smallest absolute Gasteiger partial charge is 0.193 e. The number of methoxy groups -OCH3 is 2. The van der Waals surface area contributed by atoms with Crippen molar-refractivity contribution in [3.05, 3.63) is 47.8 Å². The minimum absolute atomic E-state index is 0. The Kier molecular flexibility index (Phi) is 7.60. The molecule has 1 aromatic heterocycles. The Bertz CT molecular complexity index is 660. The van der Waals surface area contributed by atoms with Crippen molar-refractivity contribution in [1.29, 1.82) is 0 Å². The SMILES string of the molecule is COc1ccc(NC(N)=NCc2ccc(C)nc2)cc1OC.I. The van der Waals surface area contributed by atoms with E-state index in [2.05, 4.69) is 15.3 Å². The van der Waals surface area contributed by atoms with Gasteiger partial charge in [0.1, 0.15) is 0 Å². The number of ether oxygens (including phenoxy) is 2. The molecule has 1 aromatic carbocycles. The zero-order valence-electron chi connectivity index (χ0n) is 13.4. The molecule has 3 N–H and O–H groups in total. The lowest BCUT2D eigenvalue weighted by Gasteiger charge is -2.10. The minimum atomic E-state index is 0. The number of aromatic nitrogens is 1. The second-order valence-corrected chi connectivity index (χ2v) is 4.70. The van der Waals surface area contributed by atoms with Gasteiger partial charge in [-0.3, -0.25) is 4.98 Å². The van der Waals surface area contributed by atoms with Crippen molar-refractivity contribution in [2.24, 2.45) is 10.7 Å². The van der Waals surface area contributed by atoms with Crippen molar-refractivity contribution in [3.63, 3.8) is 0 Å². The summed E-state index contributed by atoms with van der Waals surface area (Å²) in [5.41, 5.74) is 8.65. The molecule has 0 radical (unpaired) electrons. The van der Waals surface area contributed by atoms with Crippen molar-refractivity contribution in [2.45, 2.75) is 13.5 Å². The number of aryl methyl sites for hydroxylation is 1. The first-order valence-corrected chi connectivity index (χ1v) is 6.83. The standard InChI is InChI=1S/C16H20N4O2.HI/c1-11-4-5-12(9-18-11)10-19-16(17)20-13-6-7-14(21-2)15(8-13)22-3;/h4-9H,10H2,1-3H3,(H3,17,19,20);1H. The molecule has 2 rings (SSSR count). The van der Waals surface area contributed by atoms with Crippen molar-refractivity contribution in [3.8, 4) is 11.5 Å². The third-order valence-electron chi connectivity index (χ3n) is 3.06. The third kappa shape index (κ3) is 5.59. The van der Waals surface area contributed by atoms with Crippen LogP contribution in [-0.2, 0) is 6.54 Å². The maximum atomic E-state index is 5.89. The molecule has 0 unspecified atom stereocenters. The summed E-state index contributed by atoms with van der Waals surface area (Å²) in [5, 5.41) is 3.02. The van der Waals surface area contributed by atoms with Gasteiger partial charge in [0.25, 0.3) is 0 Å². The molecular weight excluding hydrogens is 407 g/mol. The fourth-order valence-electron chi connectivity index (χ4n) is 1.87. The maximum absolute atomic E-state index is 5.89. The van der Waals surface area contributed by atoms with Crippen LogP contribution >= 0.6 is 24.0 Å². The topological polar surface area (TPSA) is 81.8 Å². The van der Waals surface area contributed by atoms with E-state index < -0.39 is 0 Å². The molecule has 23 heavy (non-hydrogen) atoms. The number of benzene rings is 1. The van der Waals surface area contributed by atoms with Gasteiger partial charge in [-0.25, -0.2) is 4.99 Å². The van der Waals surface area contributed by atoms with Gasteiger partial charge in [0, 0.05) is 23.6 Å². The number of halogens is 1. The van der Waals surface area contributed by atoms with Gasteiger partial charge in [-0.1, -0.05) is 6.07 Å². The lowest BCUT2D eigenvalue weighted by atomic mass is 10.2. The molecule has 0 saturated heterocycles. The van der Waals surface area contributed by atoms with Gasteiger partial charge in [-0.2, -0.15) is 0 Å². The van der Waals surface area contributed by atoms with Gasteiger partial charge in [0.15, 0.2) is 17.5 Å². The summed E-state index contributed by atoms with van der Waals surface area (Å²) in [6.45, 7) is 2.42. The lowest BCUT2D eigenvalue weighted by Crippen LogP contribution is -2.22. The number of rotatable bonds is 5. The highest BCUT2D eigenvalue weighted by Gasteiger charge is 2.05. The molecular formula is C16H21IN4O2. The summed E-state index contributed by atoms with van der Waals surface area (Å²) < 4.78 is 10.4. The Labute approximate surface area is 153 Å².